The van der Waals surface area contributed by atoms with E-state index in [1.54, 1.807) is 24.3 Å². The minimum Gasteiger partial charge on any atom is -0.497 e. The van der Waals surface area contributed by atoms with E-state index in [-0.39, 0.29) is 23.5 Å². The largest absolute Gasteiger partial charge is 0.497 e. The molecule has 0 aliphatic carbocycles. The third kappa shape index (κ3) is 4.97. The molecule has 10 heteroatoms. The molecule has 6 nitrogen and oxygen atoms in total. The van der Waals surface area contributed by atoms with Crippen molar-refractivity contribution in [3.05, 3.63) is 89.2 Å². The van der Waals surface area contributed by atoms with Crippen LogP contribution < -0.4 is 14.8 Å². The molecule has 0 spiro atoms. The zero-order valence-corrected chi connectivity index (χ0v) is 17.0. The summed E-state index contributed by atoms with van der Waals surface area (Å²) in [4.78, 5) is 11.6. The normalized spacial score (nSPS) is 11.1. The number of rotatable bonds is 7. The molecule has 0 aromatic heterocycles. The number of sulfonamides is 1. The first-order chi connectivity index (χ1) is 14.7. The monoisotopic (exact) mass is 450 g/mol. The van der Waals surface area contributed by atoms with Crippen LogP contribution in [-0.2, 0) is 16.6 Å². The lowest BCUT2D eigenvalue weighted by molar-refractivity contribution is 0.0951. The average Bonchev–Trinajstić information content (AvgIpc) is 2.76. The minimum absolute atomic E-state index is 0.109. The highest BCUT2D eigenvalue weighted by molar-refractivity contribution is 7.92. The second-order valence-electron chi connectivity index (χ2n) is 6.36. The van der Waals surface area contributed by atoms with E-state index >= 15 is 0 Å². The lowest BCUT2D eigenvalue weighted by Gasteiger charge is -2.15. The highest BCUT2D eigenvalue weighted by Crippen LogP contribution is 2.27. The van der Waals surface area contributed by atoms with Crippen molar-refractivity contribution in [2.45, 2.75) is 11.4 Å². The van der Waals surface area contributed by atoms with E-state index < -0.39 is 38.3 Å². The van der Waals surface area contributed by atoms with Gasteiger partial charge in [-0.15, -0.1) is 0 Å². The quantitative estimate of drug-likeness (QED) is 0.536. The summed E-state index contributed by atoms with van der Waals surface area (Å²) in [5, 5.41) is 2.65. The fraction of sp³-hybridized carbons (Fsp3) is 0.0952. The molecule has 1 amide bonds. The van der Waals surface area contributed by atoms with Gasteiger partial charge < -0.3 is 10.1 Å². The first-order valence-corrected chi connectivity index (χ1v) is 10.4. The molecular weight excluding hydrogens is 433 g/mol. The van der Waals surface area contributed by atoms with Crippen LogP contribution in [-0.4, -0.2) is 21.4 Å². The fourth-order valence-corrected chi connectivity index (χ4v) is 3.87. The number of carbonyl (C=O) groups is 1. The highest BCUT2D eigenvalue weighted by atomic mass is 32.2. The van der Waals surface area contributed by atoms with Gasteiger partial charge >= 0.3 is 0 Å². The van der Waals surface area contributed by atoms with Crippen LogP contribution in [0.25, 0.3) is 0 Å². The van der Waals surface area contributed by atoms with Gasteiger partial charge in [-0.1, -0.05) is 30.3 Å². The van der Waals surface area contributed by atoms with Gasteiger partial charge in [0.2, 0.25) is 0 Å². The second kappa shape index (κ2) is 9.09. The Morgan fingerprint density at radius 2 is 1.68 bits per heavy atom. The third-order valence-electron chi connectivity index (χ3n) is 4.30. The summed E-state index contributed by atoms with van der Waals surface area (Å²) in [5.41, 5.74) is 0.502. The summed E-state index contributed by atoms with van der Waals surface area (Å²) in [6.07, 6.45) is 0. The topological polar surface area (TPSA) is 84.5 Å². The molecule has 0 atom stereocenters. The number of hydrogen-bond acceptors (Lipinski definition) is 4. The maximum atomic E-state index is 14.0. The van der Waals surface area contributed by atoms with Gasteiger partial charge in [-0.25, -0.2) is 21.6 Å². The second-order valence-corrected chi connectivity index (χ2v) is 8.01. The van der Waals surface area contributed by atoms with E-state index in [0.29, 0.717) is 12.1 Å². The summed E-state index contributed by atoms with van der Waals surface area (Å²) in [6, 6.07) is 14.0. The van der Waals surface area contributed by atoms with Crippen LogP contribution in [0.2, 0.25) is 0 Å². The lowest BCUT2D eigenvalue weighted by atomic mass is 10.1. The van der Waals surface area contributed by atoms with Crippen molar-refractivity contribution in [1.29, 1.82) is 0 Å². The Bertz CT molecular complexity index is 1220. The zero-order valence-electron chi connectivity index (χ0n) is 16.2. The SMILES string of the molecule is COc1ccc(NS(=O)(=O)c2ccc(F)c(F)c2F)c(C(=O)NCc2ccccc2)c1. The van der Waals surface area contributed by atoms with Gasteiger partial charge in [0.15, 0.2) is 17.5 Å². The predicted molar refractivity (Wildman–Crippen MR) is 108 cm³/mol. The molecule has 0 unspecified atom stereocenters. The molecular formula is C21H17F3N2O4S. The Morgan fingerprint density at radius 1 is 0.968 bits per heavy atom. The molecule has 3 rings (SSSR count). The summed E-state index contributed by atoms with van der Waals surface area (Å²) in [5.74, 6) is -5.67. The van der Waals surface area contributed by atoms with Gasteiger partial charge in [-0.3, -0.25) is 9.52 Å². The van der Waals surface area contributed by atoms with Crippen molar-refractivity contribution < 1.29 is 31.1 Å². The molecule has 2 N–H and O–H groups in total. The van der Waals surface area contributed by atoms with Crippen LogP contribution in [0.1, 0.15) is 15.9 Å². The van der Waals surface area contributed by atoms with Gasteiger partial charge in [0.25, 0.3) is 15.9 Å². The fourth-order valence-electron chi connectivity index (χ4n) is 2.72. The lowest BCUT2D eigenvalue weighted by Crippen LogP contribution is -2.25. The molecule has 0 aliphatic heterocycles. The molecule has 3 aromatic carbocycles. The molecule has 0 saturated carbocycles. The Morgan fingerprint density at radius 3 is 2.35 bits per heavy atom. The van der Waals surface area contributed by atoms with E-state index in [4.69, 9.17) is 4.74 Å². The Hall–Kier alpha value is -3.53. The molecule has 3 aromatic rings. The maximum absolute atomic E-state index is 14.0. The smallest absolute Gasteiger partial charge is 0.264 e. The van der Waals surface area contributed by atoms with Crippen molar-refractivity contribution in [2.75, 3.05) is 11.8 Å². The first-order valence-electron chi connectivity index (χ1n) is 8.89. The number of methoxy groups -OCH3 is 1. The summed E-state index contributed by atoms with van der Waals surface area (Å²) < 4.78 is 73.0. The first kappa shape index (κ1) is 22.2. The van der Waals surface area contributed by atoms with Gasteiger partial charge in [-0.2, -0.15) is 0 Å². The molecule has 0 saturated heterocycles. The van der Waals surface area contributed by atoms with Crippen LogP contribution >= 0.6 is 0 Å². The van der Waals surface area contributed by atoms with Crippen LogP contribution in [0.3, 0.4) is 0 Å². The molecule has 31 heavy (non-hydrogen) atoms. The van der Waals surface area contributed by atoms with Gasteiger partial charge in [0.1, 0.15) is 10.6 Å². The van der Waals surface area contributed by atoms with E-state index in [1.807, 2.05) is 10.8 Å². The predicted octanol–water partition coefficient (Wildman–Crippen LogP) is 3.84. The Labute approximate surface area is 176 Å². The van der Waals surface area contributed by atoms with Gasteiger partial charge in [0.05, 0.1) is 18.4 Å². The van der Waals surface area contributed by atoms with E-state index in [1.165, 1.54) is 25.3 Å². The Kier molecular flexibility index (Phi) is 6.50. The number of ether oxygens (including phenoxy) is 1. The van der Waals surface area contributed by atoms with Crippen LogP contribution in [0.15, 0.2) is 65.6 Å². The van der Waals surface area contributed by atoms with Crippen molar-refractivity contribution in [2.24, 2.45) is 0 Å². The standard InChI is InChI=1S/C21H17F3N2O4S/c1-30-14-7-9-17(15(11-14)21(27)25-12-13-5-3-2-4-6-13)26-31(28,29)18-10-8-16(22)19(23)20(18)24/h2-11,26H,12H2,1H3,(H,25,27). The number of amides is 1. The molecule has 0 heterocycles. The Balaban J connectivity index is 1.92. The average molecular weight is 450 g/mol. The van der Waals surface area contributed by atoms with Crippen LogP contribution in [0.4, 0.5) is 18.9 Å². The summed E-state index contributed by atoms with van der Waals surface area (Å²) >= 11 is 0. The summed E-state index contributed by atoms with van der Waals surface area (Å²) in [6.45, 7) is 0.168. The number of carbonyl (C=O) groups excluding carboxylic acids is 1. The van der Waals surface area contributed by atoms with E-state index in [0.717, 1.165) is 5.56 Å². The minimum atomic E-state index is -4.68. The number of anilines is 1. The molecule has 162 valence electrons. The molecule has 0 fully saturated rings. The maximum Gasteiger partial charge on any atom is 0.264 e. The van der Waals surface area contributed by atoms with Gasteiger partial charge in [0, 0.05) is 6.54 Å². The molecule has 0 bridgehead atoms. The van der Waals surface area contributed by atoms with Crippen molar-refractivity contribution >= 4 is 21.6 Å². The summed E-state index contributed by atoms with van der Waals surface area (Å²) in [7, 11) is -3.32. The number of benzene rings is 3. The number of hydrogen-bond donors (Lipinski definition) is 2. The van der Waals surface area contributed by atoms with E-state index in [2.05, 4.69) is 5.32 Å². The number of halogens is 3. The van der Waals surface area contributed by atoms with Crippen LogP contribution in [0.5, 0.6) is 5.75 Å². The molecule has 0 radical (unpaired) electrons. The van der Waals surface area contributed by atoms with Crippen molar-refractivity contribution in [1.82, 2.24) is 5.32 Å². The highest BCUT2D eigenvalue weighted by Gasteiger charge is 2.26. The van der Waals surface area contributed by atoms with E-state index in [9.17, 15) is 26.4 Å². The van der Waals surface area contributed by atoms with Crippen molar-refractivity contribution in [3.8, 4) is 5.75 Å². The van der Waals surface area contributed by atoms with Crippen molar-refractivity contribution in [3.63, 3.8) is 0 Å². The number of nitrogens with one attached hydrogen (secondary N) is 2. The molecule has 0 aliphatic rings. The zero-order chi connectivity index (χ0) is 22.6. The van der Waals surface area contributed by atoms with Gasteiger partial charge in [-0.05, 0) is 35.9 Å². The third-order valence-corrected chi connectivity index (χ3v) is 5.68. The van der Waals surface area contributed by atoms with Crippen LogP contribution in [0, 0.1) is 17.5 Å².